The number of quaternary nitrogens is 1. The molecule has 8 heteroatoms. The molecule has 0 bridgehead atoms. The van der Waals surface area contributed by atoms with Gasteiger partial charge in [0, 0.05) is 0 Å². The molecule has 0 aliphatic heterocycles. The fraction of sp³-hybridized carbons (Fsp3) is 1.00. The van der Waals surface area contributed by atoms with Crippen molar-refractivity contribution in [2.75, 3.05) is 27.2 Å². The van der Waals surface area contributed by atoms with Crippen LogP contribution < -0.4 is 0 Å². The summed E-state index contributed by atoms with van der Waals surface area (Å²) in [6.07, 6.45) is 14.1. The Labute approximate surface area is 152 Å². The Morgan fingerprint density at radius 3 is 1.36 bits per heavy atom. The third-order valence-corrected chi connectivity index (χ3v) is 4.61. The van der Waals surface area contributed by atoms with Crippen LogP contribution in [0.15, 0.2) is 0 Å². The summed E-state index contributed by atoms with van der Waals surface area (Å²) < 4.78 is 58.8. The average Bonchev–Trinajstić information content (AvgIpc) is 2.46. The lowest BCUT2D eigenvalue weighted by Crippen LogP contribution is -2.41. The van der Waals surface area contributed by atoms with Crippen molar-refractivity contribution in [1.29, 1.82) is 0 Å². The zero-order chi connectivity index (χ0) is 20.0. The Bertz CT molecular complexity index is 410. The lowest BCUT2D eigenvalue weighted by atomic mass is 10.1. The van der Waals surface area contributed by atoms with E-state index in [9.17, 15) is 13.2 Å². The predicted octanol–water partition coefficient (Wildman–Crippen LogP) is 5.40. The van der Waals surface area contributed by atoms with Gasteiger partial charge in [-0.2, -0.15) is 21.6 Å². The summed E-state index contributed by atoms with van der Waals surface area (Å²) >= 11 is 0. The Balaban J connectivity index is 0. The molecule has 25 heavy (non-hydrogen) atoms. The van der Waals surface area contributed by atoms with Gasteiger partial charge in [-0.3, -0.25) is 4.55 Å². The maximum Gasteiger partial charge on any atom is 0.522 e. The largest absolute Gasteiger partial charge is 0.522 e. The zero-order valence-corrected chi connectivity index (χ0v) is 17.1. The number of hydrogen-bond donors (Lipinski definition) is 1. The summed E-state index contributed by atoms with van der Waals surface area (Å²) in [6, 6.07) is 0. The first kappa shape index (κ1) is 26.9. The van der Waals surface area contributed by atoms with Crippen molar-refractivity contribution in [3.63, 3.8) is 0 Å². The third kappa shape index (κ3) is 18.3. The average molecular weight is 393 g/mol. The highest BCUT2D eigenvalue weighted by molar-refractivity contribution is 7.86. The van der Waals surface area contributed by atoms with E-state index >= 15 is 0 Å². The predicted molar refractivity (Wildman–Crippen MR) is 97.0 cm³/mol. The highest BCUT2D eigenvalue weighted by Gasteiger charge is 2.44. The van der Waals surface area contributed by atoms with Crippen LogP contribution in [0, 0.1) is 0 Å². The Morgan fingerprint density at radius 2 is 1.04 bits per heavy atom. The van der Waals surface area contributed by atoms with Gasteiger partial charge in [-0.1, -0.05) is 52.4 Å². The molecule has 0 spiro atoms. The molecule has 0 aliphatic rings. The van der Waals surface area contributed by atoms with Crippen LogP contribution in [0.3, 0.4) is 0 Å². The first-order valence-electron chi connectivity index (χ1n) is 9.23. The molecule has 0 aromatic rings. The molecule has 0 unspecified atom stereocenters. The monoisotopic (exact) mass is 392 g/mol. The molecule has 0 rings (SSSR count). The van der Waals surface area contributed by atoms with Crippen LogP contribution in [-0.2, 0) is 10.1 Å². The van der Waals surface area contributed by atoms with Crippen molar-refractivity contribution >= 4 is 10.1 Å². The number of halogens is 3. The van der Waals surface area contributed by atoms with E-state index in [1.807, 2.05) is 0 Å². The lowest BCUT2D eigenvalue weighted by Gasteiger charge is -2.30. The normalized spacial score (nSPS) is 12.6. The van der Waals surface area contributed by atoms with Gasteiger partial charge in [-0.15, -0.1) is 0 Å². The Morgan fingerprint density at radius 1 is 0.760 bits per heavy atom. The molecule has 0 atom stereocenters. The van der Waals surface area contributed by atoms with Gasteiger partial charge in [0.25, 0.3) is 0 Å². The second kappa shape index (κ2) is 13.8. The smallest absolute Gasteiger partial charge is 0.328 e. The van der Waals surface area contributed by atoms with Crippen molar-refractivity contribution < 1.29 is 30.6 Å². The molecule has 1 N–H and O–H groups in total. The number of hydrogen-bond acceptors (Lipinski definition) is 2. The van der Waals surface area contributed by atoms with Crippen molar-refractivity contribution in [3.05, 3.63) is 0 Å². The second-order valence-electron chi connectivity index (χ2n) is 7.13. The molecule has 0 saturated heterocycles. The lowest BCUT2D eigenvalue weighted by molar-refractivity contribution is -0.890. The van der Waals surface area contributed by atoms with Gasteiger partial charge in [0.2, 0.25) is 0 Å². The standard InChI is InChI=1S/C16H36N.CHF3O3S/c1-5-7-9-11-12-14-16-17(3,4)15-13-10-8-6-2;2-1(3,4)8(5,6)7/h5-16H2,1-4H3;(H,5,6,7)/q+1;. The van der Waals surface area contributed by atoms with E-state index in [-0.39, 0.29) is 0 Å². The molecule has 0 aromatic heterocycles. The van der Waals surface area contributed by atoms with Crippen molar-refractivity contribution in [3.8, 4) is 0 Å². The number of alkyl halides is 3. The summed E-state index contributed by atoms with van der Waals surface area (Å²) in [4.78, 5) is 0. The summed E-state index contributed by atoms with van der Waals surface area (Å²) in [6.45, 7) is 7.32. The summed E-state index contributed by atoms with van der Waals surface area (Å²) in [5, 5.41) is 0. The maximum absolute atomic E-state index is 10.7. The Kier molecular flexibility index (Phi) is 14.9. The highest BCUT2D eigenvalue weighted by atomic mass is 32.2. The molecule has 0 amide bonds. The molecule has 4 nitrogen and oxygen atoms in total. The first-order valence-corrected chi connectivity index (χ1v) is 10.7. The minimum Gasteiger partial charge on any atom is -0.328 e. The van der Waals surface area contributed by atoms with E-state index < -0.39 is 15.6 Å². The van der Waals surface area contributed by atoms with Crippen LogP contribution in [0.5, 0.6) is 0 Å². The highest BCUT2D eigenvalue weighted by Crippen LogP contribution is 2.20. The Hall–Kier alpha value is -0.340. The minimum atomic E-state index is -5.84. The summed E-state index contributed by atoms with van der Waals surface area (Å²) in [7, 11) is -1.04. The number of rotatable bonds is 12. The summed E-state index contributed by atoms with van der Waals surface area (Å²) in [5.74, 6) is 0. The molecule has 0 aliphatic carbocycles. The van der Waals surface area contributed by atoms with E-state index in [0.29, 0.717) is 0 Å². The van der Waals surface area contributed by atoms with Gasteiger partial charge in [0.05, 0.1) is 27.2 Å². The first-order chi connectivity index (χ1) is 11.4. The van der Waals surface area contributed by atoms with Crippen molar-refractivity contribution in [2.45, 2.75) is 83.6 Å². The van der Waals surface area contributed by atoms with Gasteiger partial charge in [0.1, 0.15) is 0 Å². The fourth-order valence-electron chi connectivity index (χ4n) is 2.40. The van der Waals surface area contributed by atoms with Crippen LogP contribution in [0.4, 0.5) is 13.2 Å². The van der Waals surface area contributed by atoms with Crippen LogP contribution >= 0.6 is 0 Å². The van der Waals surface area contributed by atoms with E-state index in [2.05, 4.69) is 27.9 Å². The molecular weight excluding hydrogens is 355 g/mol. The van der Waals surface area contributed by atoms with Crippen molar-refractivity contribution in [1.82, 2.24) is 0 Å². The van der Waals surface area contributed by atoms with E-state index in [0.717, 1.165) is 0 Å². The maximum atomic E-state index is 10.7. The van der Waals surface area contributed by atoms with Crippen LogP contribution in [0.2, 0.25) is 0 Å². The fourth-order valence-corrected chi connectivity index (χ4v) is 2.40. The van der Waals surface area contributed by atoms with Crippen molar-refractivity contribution in [2.24, 2.45) is 0 Å². The topological polar surface area (TPSA) is 54.4 Å². The van der Waals surface area contributed by atoms with Gasteiger partial charge >= 0.3 is 15.6 Å². The van der Waals surface area contributed by atoms with Gasteiger partial charge < -0.3 is 4.48 Å². The van der Waals surface area contributed by atoms with E-state index in [4.69, 9.17) is 13.0 Å². The van der Waals surface area contributed by atoms with E-state index in [1.54, 1.807) is 0 Å². The molecule has 0 radical (unpaired) electrons. The van der Waals surface area contributed by atoms with Crippen LogP contribution in [0.25, 0.3) is 0 Å². The van der Waals surface area contributed by atoms with E-state index in [1.165, 1.54) is 81.8 Å². The number of nitrogens with zero attached hydrogens (tertiary/aromatic N) is 1. The molecule has 0 heterocycles. The summed E-state index contributed by atoms with van der Waals surface area (Å²) in [5.41, 5.74) is -5.53. The minimum absolute atomic E-state index is 1.23. The quantitative estimate of drug-likeness (QED) is 0.209. The molecule has 0 saturated carbocycles. The molecule has 0 aromatic carbocycles. The molecular formula is C17H37F3NO3S+. The van der Waals surface area contributed by atoms with Gasteiger partial charge in [0.15, 0.2) is 0 Å². The third-order valence-electron chi connectivity index (χ3n) is 4.03. The van der Waals surface area contributed by atoms with Crippen LogP contribution in [-0.4, -0.2) is 50.1 Å². The van der Waals surface area contributed by atoms with Gasteiger partial charge in [-0.05, 0) is 25.7 Å². The molecule has 154 valence electrons. The van der Waals surface area contributed by atoms with Gasteiger partial charge in [-0.25, -0.2) is 0 Å². The zero-order valence-electron chi connectivity index (χ0n) is 16.2. The second-order valence-corrected chi connectivity index (χ2v) is 8.55. The SMILES string of the molecule is CCCCCCCC[N+](C)(C)CCCCCC.O=S(=O)(O)C(F)(F)F. The number of unbranched alkanes of at least 4 members (excludes halogenated alkanes) is 8. The van der Waals surface area contributed by atoms with Crippen LogP contribution in [0.1, 0.15) is 78.1 Å². The molecule has 0 fully saturated rings.